The summed E-state index contributed by atoms with van der Waals surface area (Å²) in [7, 11) is 1.56. The molecule has 0 aromatic carbocycles. The van der Waals surface area contributed by atoms with Gasteiger partial charge in [0.2, 0.25) is 0 Å². The highest BCUT2D eigenvalue weighted by Crippen LogP contribution is 2.00. The maximum atomic E-state index is 11.1. The second-order valence-corrected chi connectivity index (χ2v) is 2.80. The lowest BCUT2D eigenvalue weighted by atomic mass is 10.1. The molecular weight excluding hydrogens is 168 g/mol. The molecule has 4 nitrogen and oxygen atoms in total. The van der Waals surface area contributed by atoms with Crippen molar-refractivity contribution in [3.8, 4) is 0 Å². The van der Waals surface area contributed by atoms with Crippen molar-refractivity contribution < 1.29 is 9.63 Å². The number of hydrogen-bond donors (Lipinski definition) is 0. The molecule has 4 heteroatoms. The van der Waals surface area contributed by atoms with E-state index in [1.54, 1.807) is 25.7 Å². The number of aliphatic imine (C=N–C) groups is 1. The number of Topliss-reactive ketones (excluding diaryl/α,β-unsaturated/α-hetero) is 1. The van der Waals surface area contributed by atoms with Gasteiger partial charge in [-0.3, -0.25) is 14.6 Å². The summed E-state index contributed by atoms with van der Waals surface area (Å²) < 4.78 is 0. The topological polar surface area (TPSA) is 41.9 Å². The maximum Gasteiger partial charge on any atom is 0.136 e. The van der Waals surface area contributed by atoms with Gasteiger partial charge in [-0.15, -0.1) is 0 Å². The molecule has 1 heterocycles. The number of carbonyl (C=O) groups excluding carboxylic acids is 1. The van der Waals surface area contributed by atoms with E-state index in [1.165, 1.54) is 5.06 Å². The van der Waals surface area contributed by atoms with Crippen LogP contribution in [0.15, 0.2) is 17.3 Å². The van der Waals surface area contributed by atoms with E-state index in [2.05, 4.69) is 4.99 Å². The van der Waals surface area contributed by atoms with Crippen molar-refractivity contribution in [2.45, 2.75) is 19.3 Å². The lowest BCUT2D eigenvalue weighted by Gasteiger charge is -2.10. The Kier molecular flexibility index (Phi) is 4.18. The van der Waals surface area contributed by atoms with E-state index in [0.717, 1.165) is 6.42 Å². The van der Waals surface area contributed by atoms with Crippen LogP contribution in [-0.2, 0) is 9.63 Å². The van der Waals surface area contributed by atoms with Crippen LogP contribution in [0.2, 0.25) is 0 Å². The first-order valence-corrected chi connectivity index (χ1v) is 4.33. The fourth-order valence-corrected chi connectivity index (χ4v) is 1.04. The van der Waals surface area contributed by atoms with Crippen molar-refractivity contribution in [2.75, 3.05) is 13.7 Å². The molecule has 13 heavy (non-hydrogen) atoms. The van der Waals surface area contributed by atoms with Gasteiger partial charge in [-0.05, 0) is 6.42 Å². The second kappa shape index (κ2) is 5.48. The number of allylic oxidation sites excluding steroid dienone is 1. The minimum Gasteiger partial charge on any atom is -0.299 e. The van der Waals surface area contributed by atoms with E-state index in [-0.39, 0.29) is 5.78 Å². The Hall–Kier alpha value is -1.16. The summed E-state index contributed by atoms with van der Waals surface area (Å²) in [5, 5.41) is 1.48. The summed E-state index contributed by atoms with van der Waals surface area (Å²) in [6, 6.07) is 0. The predicted molar refractivity (Wildman–Crippen MR) is 50.2 cm³/mol. The van der Waals surface area contributed by atoms with Gasteiger partial charge in [-0.2, -0.15) is 0 Å². The van der Waals surface area contributed by atoms with Crippen LogP contribution in [0, 0.1) is 0 Å². The van der Waals surface area contributed by atoms with Gasteiger partial charge in [0, 0.05) is 25.6 Å². The smallest absolute Gasteiger partial charge is 0.136 e. The molecule has 0 fully saturated rings. The zero-order valence-corrected chi connectivity index (χ0v) is 7.77. The highest BCUT2D eigenvalue weighted by atomic mass is 16.7. The van der Waals surface area contributed by atoms with Crippen LogP contribution in [0.3, 0.4) is 0 Å². The van der Waals surface area contributed by atoms with Gasteiger partial charge in [0.05, 0.1) is 7.11 Å². The van der Waals surface area contributed by atoms with Crippen LogP contribution >= 0.6 is 0 Å². The lowest BCUT2D eigenvalue weighted by Crippen LogP contribution is -2.14. The van der Waals surface area contributed by atoms with Crippen molar-refractivity contribution in [3.63, 3.8) is 0 Å². The van der Waals surface area contributed by atoms with E-state index in [1.807, 2.05) is 0 Å². The van der Waals surface area contributed by atoms with Gasteiger partial charge in [0.1, 0.15) is 12.1 Å². The highest BCUT2D eigenvalue weighted by Gasteiger charge is 2.00. The zero-order valence-electron chi connectivity index (χ0n) is 7.77. The standard InChI is InChI=1S/C9H14N2O2/c1-13-11-7-3-5-9(12)4-2-6-10-8-11/h3,7-8H,2,4-6H2,1H3. The Morgan fingerprint density at radius 2 is 2.46 bits per heavy atom. The average Bonchev–Trinajstić information content (AvgIpc) is 2.15. The molecule has 1 aliphatic heterocycles. The molecule has 1 aliphatic rings. The number of ketones is 1. The number of hydrogen-bond acceptors (Lipinski definition) is 4. The summed E-state index contributed by atoms with van der Waals surface area (Å²) in [6.45, 7) is 0.680. The van der Waals surface area contributed by atoms with Crippen LogP contribution in [0.5, 0.6) is 0 Å². The summed E-state index contributed by atoms with van der Waals surface area (Å²) >= 11 is 0. The van der Waals surface area contributed by atoms with E-state index < -0.39 is 0 Å². The van der Waals surface area contributed by atoms with Gasteiger partial charge in [0.15, 0.2) is 0 Å². The fourth-order valence-electron chi connectivity index (χ4n) is 1.04. The Morgan fingerprint density at radius 3 is 3.23 bits per heavy atom. The van der Waals surface area contributed by atoms with Gasteiger partial charge < -0.3 is 0 Å². The first kappa shape index (κ1) is 9.92. The Balaban J connectivity index is 2.54. The monoisotopic (exact) mass is 182 g/mol. The van der Waals surface area contributed by atoms with Crippen LogP contribution in [0.4, 0.5) is 0 Å². The quantitative estimate of drug-likeness (QED) is 0.610. The first-order chi connectivity index (χ1) is 6.33. The molecule has 0 spiro atoms. The minimum atomic E-state index is 0.254. The van der Waals surface area contributed by atoms with Crippen molar-refractivity contribution in [1.29, 1.82) is 0 Å². The van der Waals surface area contributed by atoms with Crippen molar-refractivity contribution in [2.24, 2.45) is 4.99 Å². The normalized spacial score (nSPS) is 19.2. The van der Waals surface area contributed by atoms with Gasteiger partial charge in [-0.1, -0.05) is 6.08 Å². The number of hydroxylamine groups is 2. The summed E-state index contributed by atoms with van der Waals surface area (Å²) in [5.74, 6) is 0.254. The zero-order chi connectivity index (χ0) is 9.52. The van der Waals surface area contributed by atoms with E-state index >= 15 is 0 Å². The predicted octanol–water partition coefficient (Wildman–Crippen LogP) is 1.14. The molecule has 0 radical (unpaired) electrons. The van der Waals surface area contributed by atoms with E-state index in [0.29, 0.717) is 19.4 Å². The molecule has 0 amide bonds. The number of nitrogens with zero attached hydrogens (tertiary/aromatic N) is 2. The molecule has 0 unspecified atom stereocenters. The third-order valence-corrected chi connectivity index (χ3v) is 1.75. The highest BCUT2D eigenvalue weighted by molar-refractivity contribution is 5.79. The molecular formula is C9H14N2O2. The SMILES string of the molecule is CON1C=CCC(=O)CCCN=C1. The third-order valence-electron chi connectivity index (χ3n) is 1.75. The summed E-state index contributed by atoms with van der Waals surface area (Å²) in [5.41, 5.74) is 0. The molecule has 72 valence electrons. The molecule has 0 bridgehead atoms. The van der Waals surface area contributed by atoms with E-state index in [9.17, 15) is 4.79 Å². The first-order valence-electron chi connectivity index (χ1n) is 4.33. The van der Waals surface area contributed by atoms with Gasteiger partial charge >= 0.3 is 0 Å². The number of rotatable bonds is 1. The largest absolute Gasteiger partial charge is 0.299 e. The van der Waals surface area contributed by atoms with Gasteiger partial charge in [-0.25, -0.2) is 5.06 Å². The van der Waals surface area contributed by atoms with Crippen molar-refractivity contribution in [1.82, 2.24) is 5.06 Å². The van der Waals surface area contributed by atoms with Crippen molar-refractivity contribution >= 4 is 12.1 Å². The molecule has 1 rings (SSSR count). The van der Waals surface area contributed by atoms with Crippen LogP contribution < -0.4 is 0 Å². The van der Waals surface area contributed by atoms with Gasteiger partial charge in [0.25, 0.3) is 0 Å². The van der Waals surface area contributed by atoms with Crippen LogP contribution in [0.25, 0.3) is 0 Å². The van der Waals surface area contributed by atoms with Crippen LogP contribution in [0.1, 0.15) is 19.3 Å². The minimum absolute atomic E-state index is 0.254. The lowest BCUT2D eigenvalue weighted by molar-refractivity contribution is -0.118. The molecule has 0 aliphatic carbocycles. The Bertz CT molecular complexity index is 224. The number of carbonyl (C=O) groups is 1. The van der Waals surface area contributed by atoms with E-state index in [4.69, 9.17) is 4.84 Å². The average molecular weight is 182 g/mol. The maximum absolute atomic E-state index is 11.1. The van der Waals surface area contributed by atoms with Crippen molar-refractivity contribution in [3.05, 3.63) is 12.3 Å². The fraction of sp³-hybridized carbons (Fsp3) is 0.556. The molecule has 0 atom stereocenters. The summed E-state index contributed by atoms with van der Waals surface area (Å²) in [6.07, 6.45) is 7.02. The Labute approximate surface area is 77.8 Å². The van der Waals surface area contributed by atoms with Crippen LogP contribution in [-0.4, -0.2) is 30.8 Å². The Morgan fingerprint density at radius 1 is 1.62 bits per heavy atom. The summed E-state index contributed by atoms with van der Waals surface area (Å²) in [4.78, 5) is 20.2. The molecule has 0 aromatic rings. The third kappa shape index (κ3) is 3.85. The molecule has 0 aromatic heterocycles. The molecule has 0 N–H and O–H groups in total. The molecule has 0 saturated heterocycles. The second-order valence-electron chi connectivity index (χ2n) is 2.80. The molecule has 0 saturated carbocycles.